The van der Waals surface area contributed by atoms with E-state index in [-0.39, 0.29) is 5.41 Å². The van der Waals surface area contributed by atoms with Crippen LogP contribution in [-0.4, -0.2) is 4.98 Å². The first kappa shape index (κ1) is 14.8. The molecule has 0 saturated carbocycles. The number of nitrogens with one attached hydrogen (secondary N) is 1. The van der Waals surface area contributed by atoms with Crippen molar-refractivity contribution in [3.63, 3.8) is 0 Å². The average molecular weight is 360 g/mol. The molecule has 0 aliphatic heterocycles. The zero-order chi connectivity index (χ0) is 14.0. The summed E-state index contributed by atoms with van der Waals surface area (Å²) in [5.41, 5.74) is 2.15. The average Bonchev–Trinajstić information content (AvgIpc) is 2.79. The van der Waals surface area contributed by atoms with Crippen LogP contribution in [0.15, 0.2) is 28.1 Å². The number of rotatable bonds is 3. The minimum Gasteiger partial charge on any atom is -0.378 e. The summed E-state index contributed by atoms with van der Waals surface area (Å²) in [6, 6.07) is 5.78. The molecular weight excluding hydrogens is 344 g/mol. The van der Waals surface area contributed by atoms with E-state index in [1.54, 1.807) is 11.3 Å². The van der Waals surface area contributed by atoms with Gasteiger partial charge in [0.1, 0.15) is 0 Å². The summed E-state index contributed by atoms with van der Waals surface area (Å²) in [4.78, 5) is 4.66. The SMILES string of the molecule is CC(C)(C)c1nc(CNc2cccc(Cl)c2Br)cs1. The van der Waals surface area contributed by atoms with E-state index in [0.29, 0.717) is 11.6 Å². The Morgan fingerprint density at radius 2 is 2.11 bits per heavy atom. The third-order valence-electron chi connectivity index (χ3n) is 2.60. The van der Waals surface area contributed by atoms with Gasteiger partial charge in [-0.2, -0.15) is 0 Å². The second-order valence-electron chi connectivity index (χ2n) is 5.35. The number of anilines is 1. The van der Waals surface area contributed by atoms with Crippen molar-refractivity contribution in [1.29, 1.82) is 0 Å². The molecule has 0 unspecified atom stereocenters. The molecule has 1 aromatic carbocycles. The summed E-state index contributed by atoms with van der Waals surface area (Å²) in [5.74, 6) is 0. The van der Waals surface area contributed by atoms with Crippen molar-refractivity contribution in [2.24, 2.45) is 0 Å². The van der Waals surface area contributed by atoms with Gasteiger partial charge in [0.05, 0.1) is 32.4 Å². The van der Waals surface area contributed by atoms with Crippen LogP contribution < -0.4 is 5.32 Å². The first-order chi connectivity index (χ1) is 8.88. The van der Waals surface area contributed by atoms with Crippen LogP contribution in [0.5, 0.6) is 0 Å². The van der Waals surface area contributed by atoms with Gasteiger partial charge in [0.2, 0.25) is 0 Å². The molecule has 0 bridgehead atoms. The number of hydrogen-bond acceptors (Lipinski definition) is 3. The Morgan fingerprint density at radius 1 is 1.37 bits per heavy atom. The third-order valence-corrected chi connectivity index (χ3v) is 5.32. The Hall–Kier alpha value is -0.580. The van der Waals surface area contributed by atoms with Crippen LogP contribution in [0.3, 0.4) is 0 Å². The molecule has 1 N–H and O–H groups in total. The first-order valence-corrected chi connectivity index (χ1v) is 8.06. The maximum Gasteiger partial charge on any atom is 0.0982 e. The minimum atomic E-state index is 0.111. The lowest BCUT2D eigenvalue weighted by molar-refractivity contribution is 0.583. The predicted molar refractivity (Wildman–Crippen MR) is 87.3 cm³/mol. The molecule has 0 aliphatic rings. The monoisotopic (exact) mass is 358 g/mol. The molecule has 0 radical (unpaired) electrons. The molecule has 0 atom stereocenters. The van der Waals surface area contributed by atoms with Gasteiger partial charge in [0.25, 0.3) is 0 Å². The Kier molecular flexibility index (Phi) is 4.54. The highest BCUT2D eigenvalue weighted by atomic mass is 79.9. The lowest BCUT2D eigenvalue weighted by atomic mass is 9.98. The van der Waals surface area contributed by atoms with E-state index in [9.17, 15) is 0 Å². The molecule has 1 aromatic heterocycles. The van der Waals surface area contributed by atoms with E-state index >= 15 is 0 Å². The van der Waals surface area contributed by atoms with Crippen LogP contribution in [0, 0.1) is 0 Å². The van der Waals surface area contributed by atoms with Gasteiger partial charge in [-0.25, -0.2) is 4.98 Å². The molecule has 0 fully saturated rings. The number of hydrogen-bond donors (Lipinski definition) is 1. The normalized spacial score (nSPS) is 11.6. The summed E-state index contributed by atoms with van der Waals surface area (Å²) in [6.45, 7) is 7.23. The smallest absolute Gasteiger partial charge is 0.0982 e. The molecule has 19 heavy (non-hydrogen) atoms. The van der Waals surface area contributed by atoms with Gasteiger partial charge in [0, 0.05) is 10.8 Å². The summed E-state index contributed by atoms with van der Waals surface area (Å²) in [7, 11) is 0. The van der Waals surface area contributed by atoms with Crippen molar-refractivity contribution in [2.75, 3.05) is 5.32 Å². The van der Waals surface area contributed by atoms with Gasteiger partial charge in [0.15, 0.2) is 0 Å². The topological polar surface area (TPSA) is 24.9 Å². The van der Waals surface area contributed by atoms with Crippen LogP contribution in [0.4, 0.5) is 5.69 Å². The number of benzene rings is 1. The van der Waals surface area contributed by atoms with E-state index in [4.69, 9.17) is 11.6 Å². The molecular formula is C14H16BrClN2S. The van der Waals surface area contributed by atoms with Crippen molar-refractivity contribution in [1.82, 2.24) is 4.98 Å². The van der Waals surface area contributed by atoms with Crippen LogP contribution in [-0.2, 0) is 12.0 Å². The first-order valence-electron chi connectivity index (χ1n) is 6.00. The zero-order valence-electron chi connectivity index (χ0n) is 11.1. The molecule has 0 saturated heterocycles. The molecule has 0 aliphatic carbocycles. The molecule has 2 nitrogen and oxygen atoms in total. The van der Waals surface area contributed by atoms with E-state index in [1.807, 2.05) is 18.2 Å². The van der Waals surface area contributed by atoms with Gasteiger partial charge >= 0.3 is 0 Å². The minimum absolute atomic E-state index is 0.111. The molecule has 5 heteroatoms. The molecule has 1 heterocycles. The molecule has 0 spiro atoms. The van der Waals surface area contributed by atoms with Gasteiger partial charge in [-0.15, -0.1) is 11.3 Å². The lowest BCUT2D eigenvalue weighted by Crippen LogP contribution is -2.11. The quantitative estimate of drug-likeness (QED) is 0.786. The Balaban J connectivity index is 2.07. The highest BCUT2D eigenvalue weighted by Gasteiger charge is 2.17. The second kappa shape index (κ2) is 5.81. The van der Waals surface area contributed by atoms with Crippen molar-refractivity contribution in [3.05, 3.63) is 43.8 Å². The maximum atomic E-state index is 6.06. The van der Waals surface area contributed by atoms with E-state index in [2.05, 4.69) is 52.4 Å². The number of aromatic nitrogens is 1. The van der Waals surface area contributed by atoms with E-state index in [1.165, 1.54) is 0 Å². The van der Waals surface area contributed by atoms with Gasteiger partial charge in [-0.3, -0.25) is 0 Å². The summed E-state index contributed by atoms with van der Waals surface area (Å²) in [5, 5.41) is 7.32. The van der Waals surface area contributed by atoms with Crippen molar-refractivity contribution < 1.29 is 0 Å². The van der Waals surface area contributed by atoms with E-state index < -0.39 is 0 Å². The fourth-order valence-electron chi connectivity index (χ4n) is 1.56. The van der Waals surface area contributed by atoms with E-state index in [0.717, 1.165) is 20.9 Å². The highest BCUT2D eigenvalue weighted by Crippen LogP contribution is 2.31. The highest BCUT2D eigenvalue weighted by molar-refractivity contribution is 9.10. The largest absolute Gasteiger partial charge is 0.378 e. The van der Waals surface area contributed by atoms with Crippen LogP contribution in [0.1, 0.15) is 31.5 Å². The standard InChI is InChI=1S/C14H16BrClN2S/c1-14(2,3)13-18-9(8-19-13)7-17-11-6-4-5-10(16)12(11)15/h4-6,8,17H,7H2,1-3H3. The fourth-order valence-corrected chi connectivity index (χ4v) is 3.05. The Morgan fingerprint density at radius 3 is 2.74 bits per heavy atom. The van der Waals surface area contributed by atoms with Crippen molar-refractivity contribution >= 4 is 44.6 Å². The summed E-state index contributed by atoms with van der Waals surface area (Å²) >= 11 is 11.2. The number of thiazole rings is 1. The maximum absolute atomic E-state index is 6.06. The number of halogens is 2. The van der Waals surface area contributed by atoms with Crippen LogP contribution >= 0.6 is 38.9 Å². The summed E-state index contributed by atoms with van der Waals surface area (Å²) in [6.07, 6.45) is 0. The summed E-state index contributed by atoms with van der Waals surface area (Å²) < 4.78 is 0.892. The lowest BCUT2D eigenvalue weighted by Gasteiger charge is -2.13. The fraction of sp³-hybridized carbons (Fsp3) is 0.357. The molecule has 102 valence electrons. The second-order valence-corrected chi connectivity index (χ2v) is 7.41. The van der Waals surface area contributed by atoms with Crippen molar-refractivity contribution in [2.45, 2.75) is 32.7 Å². The van der Waals surface area contributed by atoms with Crippen LogP contribution in [0.25, 0.3) is 0 Å². The zero-order valence-corrected chi connectivity index (χ0v) is 14.3. The van der Waals surface area contributed by atoms with Crippen LogP contribution in [0.2, 0.25) is 5.02 Å². The molecule has 0 amide bonds. The Labute approximate surface area is 131 Å². The molecule has 2 rings (SSSR count). The van der Waals surface area contributed by atoms with Gasteiger partial charge in [-0.05, 0) is 28.1 Å². The molecule has 2 aromatic rings. The third kappa shape index (κ3) is 3.71. The van der Waals surface area contributed by atoms with Crippen molar-refractivity contribution in [3.8, 4) is 0 Å². The van der Waals surface area contributed by atoms with Gasteiger partial charge in [-0.1, -0.05) is 38.4 Å². The van der Waals surface area contributed by atoms with Gasteiger partial charge < -0.3 is 5.32 Å². The Bertz CT molecular complexity index is 575. The number of nitrogens with zero attached hydrogens (tertiary/aromatic N) is 1. The predicted octanol–water partition coefficient (Wildman–Crippen LogP) is 5.47.